The maximum absolute atomic E-state index is 14.4. The van der Waals surface area contributed by atoms with Gasteiger partial charge in [0.15, 0.2) is 11.4 Å². The molecule has 1 aliphatic rings. The fourth-order valence-corrected chi connectivity index (χ4v) is 5.26. The van der Waals surface area contributed by atoms with Crippen molar-refractivity contribution in [3.8, 4) is 16.9 Å². The number of likely N-dealkylation sites (tertiary alicyclic amines) is 1. The van der Waals surface area contributed by atoms with Crippen molar-refractivity contribution in [2.45, 2.75) is 45.8 Å². The van der Waals surface area contributed by atoms with Gasteiger partial charge in [0.05, 0.1) is 29.7 Å². The Kier molecular flexibility index (Phi) is 5.85. The van der Waals surface area contributed by atoms with Gasteiger partial charge in [-0.05, 0) is 48.6 Å². The van der Waals surface area contributed by atoms with Crippen LogP contribution in [-0.2, 0) is 6.18 Å². The summed E-state index contributed by atoms with van der Waals surface area (Å²) in [5.74, 6) is 0.297. The van der Waals surface area contributed by atoms with E-state index in [4.69, 9.17) is 4.74 Å². The average molecular weight is 503 g/mol. The van der Waals surface area contributed by atoms with Crippen molar-refractivity contribution >= 4 is 16.7 Å². The van der Waals surface area contributed by atoms with Crippen molar-refractivity contribution in [3.05, 3.63) is 46.8 Å². The molecule has 4 aromatic rings. The number of piperidine rings is 1. The number of alkyl halides is 3. The van der Waals surface area contributed by atoms with E-state index >= 15 is 0 Å². The van der Waals surface area contributed by atoms with Gasteiger partial charge in [0.1, 0.15) is 6.33 Å². The largest absolute Gasteiger partial charge is 0.493 e. The summed E-state index contributed by atoms with van der Waals surface area (Å²) in [6.07, 6.45) is -0.252. The highest BCUT2D eigenvalue weighted by Gasteiger charge is 2.36. The summed E-state index contributed by atoms with van der Waals surface area (Å²) in [5.41, 5.74) is 0.0405. The zero-order valence-electron chi connectivity index (χ0n) is 20.7. The minimum atomic E-state index is -4.64. The van der Waals surface area contributed by atoms with E-state index in [1.807, 2.05) is 0 Å². The van der Waals surface area contributed by atoms with E-state index in [-0.39, 0.29) is 28.1 Å². The van der Waals surface area contributed by atoms with Gasteiger partial charge in [-0.2, -0.15) is 18.3 Å². The van der Waals surface area contributed by atoms with Gasteiger partial charge in [0.2, 0.25) is 0 Å². The summed E-state index contributed by atoms with van der Waals surface area (Å²) in [6.45, 7) is 8.83. The number of halogens is 3. The second-order valence-corrected chi connectivity index (χ2v) is 10.6. The van der Waals surface area contributed by atoms with Crippen molar-refractivity contribution in [1.29, 1.82) is 0 Å². The van der Waals surface area contributed by atoms with Gasteiger partial charge < -0.3 is 14.6 Å². The molecule has 0 bridgehead atoms. The van der Waals surface area contributed by atoms with Gasteiger partial charge in [-0.1, -0.05) is 20.8 Å². The van der Waals surface area contributed by atoms with Crippen LogP contribution in [0.5, 0.6) is 5.75 Å². The molecule has 36 heavy (non-hydrogen) atoms. The molecule has 5 rings (SSSR count). The molecule has 3 aromatic heterocycles. The number of fused-ring (bicyclic) bond motifs is 2. The standard InChI is InChI=1S/C25H29F3N6O2/c1-24(2,3)13-32-7-5-6-16(12-32)34-20-10-18(25(26,27)28)17(9-19(20)31-23(34)35)15-8-21(36-4)22-29-14-30-33(22)11-15/h8-11,14,16H,5-7,12-13H2,1-4H3,(H,31,35)/t16-/m1/s1. The summed E-state index contributed by atoms with van der Waals surface area (Å²) >= 11 is 0. The lowest BCUT2D eigenvalue weighted by Gasteiger charge is -2.37. The lowest BCUT2D eigenvalue weighted by Crippen LogP contribution is -2.42. The van der Waals surface area contributed by atoms with Crippen LogP contribution in [0.2, 0.25) is 0 Å². The molecule has 0 spiro atoms. The van der Waals surface area contributed by atoms with E-state index in [1.165, 1.54) is 40.8 Å². The van der Waals surface area contributed by atoms with Crippen LogP contribution in [0.15, 0.2) is 35.5 Å². The number of nitrogens with one attached hydrogen (secondary N) is 1. The van der Waals surface area contributed by atoms with Crippen LogP contribution in [0.3, 0.4) is 0 Å². The van der Waals surface area contributed by atoms with Crippen LogP contribution in [0, 0.1) is 5.41 Å². The molecule has 0 unspecified atom stereocenters. The normalized spacial score (nSPS) is 17.8. The third-order valence-corrected chi connectivity index (χ3v) is 6.58. The summed E-state index contributed by atoms with van der Waals surface area (Å²) in [7, 11) is 1.42. The second-order valence-electron chi connectivity index (χ2n) is 10.6. The number of imidazole rings is 1. The predicted molar refractivity (Wildman–Crippen MR) is 130 cm³/mol. The zero-order valence-corrected chi connectivity index (χ0v) is 20.7. The molecule has 0 amide bonds. The number of aromatic amines is 1. The van der Waals surface area contributed by atoms with Gasteiger partial charge in [-0.25, -0.2) is 14.3 Å². The number of aromatic nitrogens is 5. The van der Waals surface area contributed by atoms with Gasteiger partial charge in [0, 0.05) is 24.8 Å². The molecule has 8 nitrogen and oxygen atoms in total. The van der Waals surface area contributed by atoms with Crippen LogP contribution >= 0.6 is 0 Å². The Labute approximate surface area is 205 Å². The van der Waals surface area contributed by atoms with Crippen LogP contribution in [0.4, 0.5) is 13.2 Å². The van der Waals surface area contributed by atoms with Crippen LogP contribution in [-0.4, -0.2) is 55.8 Å². The Balaban J connectivity index is 1.64. The Morgan fingerprint density at radius 2 is 1.97 bits per heavy atom. The second kappa shape index (κ2) is 8.65. The molecule has 1 aromatic carbocycles. The van der Waals surface area contributed by atoms with Gasteiger partial charge >= 0.3 is 11.9 Å². The third-order valence-electron chi connectivity index (χ3n) is 6.58. The molecule has 1 saturated heterocycles. The van der Waals surface area contributed by atoms with E-state index in [0.29, 0.717) is 23.5 Å². The molecule has 0 aliphatic carbocycles. The first-order valence-electron chi connectivity index (χ1n) is 11.9. The van der Waals surface area contributed by atoms with Crippen molar-refractivity contribution in [2.24, 2.45) is 5.41 Å². The smallest absolute Gasteiger partial charge is 0.417 e. The molecule has 11 heteroatoms. The lowest BCUT2D eigenvalue weighted by atomic mass is 9.94. The summed E-state index contributed by atoms with van der Waals surface area (Å²) in [5, 5.41) is 4.06. The Morgan fingerprint density at radius 3 is 2.67 bits per heavy atom. The van der Waals surface area contributed by atoms with Gasteiger partial charge in [0.25, 0.3) is 0 Å². The Hall–Kier alpha value is -3.34. The fourth-order valence-electron chi connectivity index (χ4n) is 5.26. The quantitative estimate of drug-likeness (QED) is 0.436. The summed E-state index contributed by atoms with van der Waals surface area (Å²) in [4.78, 5) is 22.2. The highest BCUT2D eigenvalue weighted by atomic mass is 19.4. The van der Waals surface area contributed by atoms with E-state index in [0.717, 1.165) is 32.0 Å². The number of hydrogen-bond acceptors (Lipinski definition) is 5. The number of ether oxygens (including phenoxy) is 1. The molecule has 1 aliphatic heterocycles. The minimum Gasteiger partial charge on any atom is -0.493 e. The van der Waals surface area contributed by atoms with E-state index in [9.17, 15) is 18.0 Å². The monoisotopic (exact) mass is 502 g/mol. The lowest BCUT2D eigenvalue weighted by molar-refractivity contribution is -0.137. The topological polar surface area (TPSA) is 80.5 Å². The zero-order chi connectivity index (χ0) is 25.8. The molecular formula is C25H29F3N6O2. The molecule has 0 radical (unpaired) electrons. The number of H-pyrrole nitrogens is 1. The maximum Gasteiger partial charge on any atom is 0.417 e. The fraction of sp³-hybridized carbons (Fsp3) is 0.480. The van der Waals surface area contributed by atoms with Gasteiger partial charge in [-0.15, -0.1) is 0 Å². The molecular weight excluding hydrogens is 473 g/mol. The van der Waals surface area contributed by atoms with E-state index in [1.54, 1.807) is 0 Å². The van der Waals surface area contributed by atoms with Crippen LogP contribution in [0.1, 0.15) is 45.2 Å². The van der Waals surface area contributed by atoms with Crippen LogP contribution < -0.4 is 10.4 Å². The molecule has 192 valence electrons. The molecule has 0 saturated carbocycles. The number of pyridine rings is 1. The highest BCUT2D eigenvalue weighted by Crippen LogP contribution is 2.41. The molecule has 1 N–H and O–H groups in total. The minimum absolute atomic E-state index is 0.0721. The molecule has 4 heterocycles. The van der Waals surface area contributed by atoms with Crippen LogP contribution in [0.25, 0.3) is 27.8 Å². The van der Waals surface area contributed by atoms with Crippen molar-refractivity contribution < 1.29 is 17.9 Å². The number of hydrogen-bond donors (Lipinski definition) is 1. The molecule has 1 atom stereocenters. The first kappa shape index (κ1) is 24.4. The number of rotatable bonds is 4. The number of benzene rings is 1. The number of nitrogens with zero attached hydrogens (tertiary/aromatic N) is 5. The average Bonchev–Trinajstić information content (AvgIpc) is 3.39. The van der Waals surface area contributed by atoms with Crippen molar-refractivity contribution in [3.63, 3.8) is 0 Å². The summed E-state index contributed by atoms with van der Waals surface area (Å²) in [6, 6.07) is 3.77. The van der Waals surface area contributed by atoms with Crippen molar-refractivity contribution in [1.82, 2.24) is 29.0 Å². The SMILES string of the molecule is COc1cc(-c2cc3[nH]c(=O)n([C@@H]4CCCN(CC(C)(C)C)C4)c3cc2C(F)(F)F)cn2ncnc12. The maximum atomic E-state index is 14.4. The number of methoxy groups -OCH3 is 1. The first-order chi connectivity index (χ1) is 16.9. The van der Waals surface area contributed by atoms with E-state index in [2.05, 4.69) is 40.7 Å². The first-order valence-corrected chi connectivity index (χ1v) is 11.9. The summed E-state index contributed by atoms with van der Waals surface area (Å²) < 4.78 is 51.3. The Morgan fingerprint density at radius 1 is 1.19 bits per heavy atom. The van der Waals surface area contributed by atoms with Gasteiger partial charge in [-0.3, -0.25) is 4.57 Å². The molecule has 1 fully saturated rings. The Bertz CT molecular complexity index is 1480. The predicted octanol–water partition coefficient (Wildman–Crippen LogP) is 4.75. The highest BCUT2D eigenvalue weighted by molar-refractivity contribution is 5.85. The third kappa shape index (κ3) is 4.47. The van der Waals surface area contributed by atoms with Crippen molar-refractivity contribution in [2.75, 3.05) is 26.7 Å². The van der Waals surface area contributed by atoms with E-state index < -0.39 is 17.4 Å².